The van der Waals surface area contributed by atoms with E-state index in [4.69, 9.17) is 0 Å². The molecule has 0 radical (unpaired) electrons. The molecule has 2 unspecified atom stereocenters. The number of hydrogen-bond donors (Lipinski definition) is 2. The summed E-state index contributed by atoms with van der Waals surface area (Å²) in [6.45, 7) is 9.14. The SMILES string of the molecule is CC(C)CC(NCCCN1CCCC1)C(O)c1ccccc1. The molecule has 0 saturated carbocycles. The summed E-state index contributed by atoms with van der Waals surface area (Å²) >= 11 is 0. The predicted molar refractivity (Wildman–Crippen MR) is 92.9 cm³/mol. The number of aliphatic hydroxyl groups excluding tert-OH is 1. The fraction of sp³-hybridized carbons (Fsp3) is 0.684. The summed E-state index contributed by atoms with van der Waals surface area (Å²) in [6, 6.07) is 10.2. The Morgan fingerprint density at radius 2 is 1.82 bits per heavy atom. The van der Waals surface area contributed by atoms with Crippen LogP contribution < -0.4 is 5.32 Å². The fourth-order valence-corrected chi connectivity index (χ4v) is 3.31. The Morgan fingerprint density at radius 1 is 1.14 bits per heavy atom. The van der Waals surface area contributed by atoms with Gasteiger partial charge in [0.1, 0.15) is 0 Å². The van der Waals surface area contributed by atoms with E-state index in [2.05, 4.69) is 24.1 Å². The fourth-order valence-electron chi connectivity index (χ4n) is 3.31. The monoisotopic (exact) mass is 304 g/mol. The van der Waals surface area contributed by atoms with Gasteiger partial charge >= 0.3 is 0 Å². The van der Waals surface area contributed by atoms with Gasteiger partial charge in [-0.15, -0.1) is 0 Å². The van der Waals surface area contributed by atoms with Gasteiger partial charge in [-0.25, -0.2) is 0 Å². The van der Waals surface area contributed by atoms with Crippen molar-refractivity contribution in [3.63, 3.8) is 0 Å². The highest BCUT2D eigenvalue weighted by molar-refractivity contribution is 5.18. The molecular weight excluding hydrogens is 272 g/mol. The van der Waals surface area contributed by atoms with Gasteiger partial charge in [-0.3, -0.25) is 0 Å². The average molecular weight is 304 g/mol. The lowest BCUT2D eigenvalue weighted by Gasteiger charge is -2.26. The molecule has 1 heterocycles. The van der Waals surface area contributed by atoms with Crippen LogP contribution in [0, 0.1) is 5.92 Å². The lowest BCUT2D eigenvalue weighted by atomic mass is 9.94. The van der Waals surface area contributed by atoms with Crippen LogP contribution in [0.1, 0.15) is 51.2 Å². The van der Waals surface area contributed by atoms with Crippen LogP contribution in [0.2, 0.25) is 0 Å². The van der Waals surface area contributed by atoms with E-state index >= 15 is 0 Å². The predicted octanol–water partition coefficient (Wildman–Crippen LogP) is 3.21. The smallest absolute Gasteiger partial charge is 0.0943 e. The number of nitrogens with one attached hydrogen (secondary N) is 1. The van der Waals surface area contributed by atoms with Crippen molar-refractivity contribution < 1.29 is 5.11 Å². The van der Waals surface area contributed by atoms with Crippen LogP contribution in [0.25, 0.3) is 0 Å². The van der Waals surface area contributed by atoms with Gasteiger partial charge in [0.2, 0.25) is 0 Å². The van der Waals surface area contributed by atoms with E-state index in [1.165, 1.54) is 32.5 Å². The number of benzene rings is 1. The molecule has 2 rings (SSSR count). The molecular formula is C19H32N2O. The van der Waals surface area contributed by atoms with Crippen molar-refractivity contribution in [2.75, 3.05) is 26.2 Å². The molecule has 1 fully saturated rings. The number of likely N-dealkylation sites (tertiary alicyclic amines) is 1. The van der Waals surface area contributed by atoms with Gasteiger partial charge in [-0.05, 0) is 63.3 Å². The summed E-state index contributed by atoms with van der Waals surface area (Å²) in [5.74, 6) is 0.578. The van der Waals surface area contributed by atoms with Crippen molar-refractivity contribution in [2.45, 2.75) is 51.7 Å². The first-order valence-electron chi connectivity index (χ1n) is 8.85. The Balaban J connectivity index is 1.80. The first-order valence-corrected chi connectivity index (χ1v) is 8.85. The normalized spacial score (nSPS) is 18.7. The van der Waals surface area contributed by atoms with Gasteiger partial charge < -0.3 is 15.3 Å². The quantitative estimate of drug-likeness (QED) is 0.688. The molecule has 2 atom stereocenters. The minimum atomic E-state index is -0.421. The van der Waals surface area contributed by atoms with Crippen molar-refractivity contribution in [2.24, 2.45) is 5.92 Å². The topological polar surface area (TPSA) is 35.5 Å². The zero-order valence-electron chi connectivity index (χ0n) is 14.2. The minimum absolute atomic E-state index is 0.140. The van der Waals surface area contributed by atoms with E-state index in [0.717, 1.165) is 24.9 Å². The van der Waals surface area contributed by atoms with Crippen molar-refractivity contribution >= 4 is 0 Å². The lowest BCUT2D eigenvalue weighted by molar-refractivity contribution is 0.116. The molecule has 1 aliphatic heterocycles. The maximum absolute atomic E-state index is 10.7. The van der Waals surface area contributed by atoms with Crippen LogP contribution in [0.5, 0.6) is 0 Å². The van der Waals surface area contributed by atoms with E-state index in [-0.39, 0.29) is 6.04 Å². The highest BCUT2D eigenvalue weighted by Gasteiger charge is 2.21. The van der Waals surface area contributed by atoms with Crippen molar-refractivity contribution in [3.05, 3.63) is 35.9 Å². The van der Waals surface area contributed by atoms with Crippen LogP contribution in [-0.2, 0) is 0 Å². The Kier molecular flexibility index (Phi) is 7.37. The molecule has 0 amide bonds. The Labute approximate surface area is 135 Å². The number of nitrogens with zero attached hydrogens (tertiary/aromatic N) is 1. The molecule has 0 aliphatic carbocycles. The second-order valence-corrected chi connectivity index (χ2v) is 6.95. The summed E-state index contributed by atoms with van der Waals surface area (Å²) in [7, 11) is 0. The third-order valence-electron chi connectivity index (χ3n) is 4.50. The van der Waals surface area contributed by atoms with E-state index in [1.807, 2.05) is 30.3 Å². The Hall–Kier alpha value is -0.900. The summed E-state index contributed by atoms with van der Waals surface area (Å²) < 4.78 is 0. The van der Waals surface area contributed by atoms with E-state index < -0.39 is 6.10 Å². The maximum Gasteiger partial charge on any atom is 0.0943 e. The zero-order chi connectivity index (χ0) is 15.8. The molecule has 0 bridgehead atoms. The van der Waals surface area contributed by atoms with Crippen LogP contribution in [0.4, 0.5) is 0 Å². The van der Waals surface area contributed by atoms with E-state index in [9.17, 15) is 5.11 Å². The van der Waals surface area contributed by atoms with E-state index in [1.54, 1.807) is 0 Å². The Bertz CT molecular complexity index is 401. The van der Waals surface area contributed by atoms with Crippen LogP contribution in [-0.4, -0.2) is 42.2 Å². The first kappa shape index (κ1) is 17.5. The second kappa shape index (κ2) is 9.29. The van der Waals surface area contributed by atoms with Gasteiger partial charge in [0, 0.05) is 6.04 Å². The average Bonchev–Trinajstić information content (AvgIpc) is 3.03. The maximum atomic E-state index is 10.7. The van der Waals surface area contributed by atoms with Gasteiger partial charge in [-0.1, -0.05) is 44.2 Å². The third kappa shape index (κ3) is 5.71. The summed E-state index contributed by atoms with van der Waals surface area (Å²) in [4.78, 5) is 2.55. The molecule has 1 aromatic rings. The first-order chi connectivity index (χ1) is 10.7. The highest BCUT2D eigenvalue weighted by Crippen LogP contribution is 2.21. The van der Waals surface area contributed by atoms with Gasteiger partial charge in [0.15, 0.2) is 0 Å². The molecule has 3 heteroatoms. The van der Waals surface area contributed by atoms with Gasteiger partial charge in [-0.2, -0.15) is 0 Å². The lowest BCUT2D eigenvalue weighted by Crippen LogP contribution is -2.37. The van der Waals surface area contributed by atoms with Crippen molar-refractivity contribution in [1.29, 1.82) is 0 Å². The molecule has 1 aromatic carbocycles. The standard InChI is InChI=1S/C19H32N2O/c1-16(2)15-18(19(22)17-9-4-3-5-10-17)20-11-8-14-21-12-6-7-13-21/h3-5,9-10,16,18-20,22H,6-8,11-15H2,1-2H3. The zero-order valence-corrected chi connectivity index (χ0v) is 14.2. The molecule has 22 heavy (non-hydrogen) atoms. The number of rotatable bonds is 9. The highest BCUT2D eigenvalue weighted by atomic mass is 16.3. The minimum Gasteiger partial charge on any atom is -0.387 e. The van der Waals surface area contributed by atoms with Crippen molar-refractivity contribution in [3.8, 4) is 0 Å². The van der Waals surface area contributed by atoms with Crippen LogP contribution in [0.3, 0.4) is 0 Å². The summed E-state index contributed by atoms with van der Waals surface area (Å²) in [6.07, 6.45) is 4.46. The molecule has 2 N–H and O–H groups in total. The molecule has 0 spiro atoms. The van der Waals surface area contributed by atoms with E-state index in [0.29, 0.717) is 5.92 Å². The molecule has 1 aliphatic rings. The molecule has 3 nitrogen and oxygen atoms in total. The Morgan fingerprint density at radius 3 is 2.45 bits per heavy atom. The number of hydrogen-bond acceptors (Lipinski definition) is 3. The van der Waals surface area contributed by atoms with Crippen LogP contribution >= 0.6 is 0 Å². The van der Waals surface area contributed by atoms with Gasteiger partial charge in [0.25, 0.3) is 0 Å². The summed E-state index contributed by atoms with van der Waals surface area (Å²) in [5, 5.41) is 14.3. The third-order valence-corrected chi connectivity index (χ3v) is 4.50. The van der Waals surface area contributed by atoms with Crippen LogP contribution in [0.15, 0.2) is 30.3 Å². The molecule has 124 valence electrons. The summed E-state index contributed by atoms with van der Waals surface area (Å²) in [5.41, 5.74) is 1.01. The second-order valence-electron chi connectivity index (χ2n) is 6.95. The van der Waals surface area contributed by atoms with Crippen molar-refractivity contribution in [1.82, 2.24) is 10.2 Å². The molecule has 1 saturated heterocycles. The number of aliphatic hydroxyl groups is 1. The van der Waals surface area contributed by atoms with Gasteiger partial charge in [0.05, 0.1) is 6.10 Å². The largest absolute Gasteiger partial charge is 0.387 e. The molecule has 0 aromatic heterocycles.